The predicted octanol–water partition coefficient (Wildman–Crippen LogP) is 5.33. The van der Waals surface area contributed by atoms with Crippen molar-refractivity contribution in [2.24, 2.45) is 0 Å². The predicted molar refractivity (Wildman–Crippen MR) is 120 cm³/mol. The number of nitrogens with one attached hydrogen (secondary N) is 1. The van der Waals surface area contributed by atoms with Crippen LogP contribution >= 0.6 is 0 Å². The lowest BCUT2D eigenvalue weighted by atomic mass is 9.87. The molecule has 0 amide bonds. The van der Waals surface area contributed by atoms with Gasteiger partial charge in [0.1, 0.15) is 23.1 Å². The maximum Gasteiger partial charge on any atom is 0.328 e. The van der Waals surface area contributed by atoms with Gasteiger partial charge in [-0.2, -0.15) is 0 Å². The van der Waals surface area contributed by atoms with Crippen molar-refractivity contribution in [1.82, 2.24) is 9.88 Å². The number of fused-ring (bicyclic) bond motifs is 3. The highest BCUT2D eigenvalue weighted by atomic mass is 19.1. The van der Waals surface area contributed by atoms with Crippen LogP contribution in [-0.2, 0) is 11.2 Å². The Morgan fingerprint density at radius 2 is 1.91 bits per heavy atom. The van der Waals surface area contributed by atoms with Gasteiger partial charge in [0.05, 0.1) is 6.04 Å². The average Bonchev–Trinajstić information content (AvgIpc) is 3.04. The molecule has 2 aromatic carbocycles. The van der Waals surface area contributed by atoms with Crippen molar-refractivity contribution < 1.29 is 28.2 Å². The molecule has 0 bridgehead atoms. The number of carboxylic acids is 1. The summed E-state index contributed by atoms with van der Waals surface area (Å²) in [7, 11) is 0. The van der Waals surface area contributed by atoms with Gasteiger partial charge in [0.2, 0.25) is 0 Å². The van der Waals surface area contributed by atoms with Crippen molar-refractivity contribution in [3.8, 4) is 5.75 Å². The van der Waals surface area contributed by atoms with E-state index in [1.165, 1.54) is 19.9 Å². The summed E-state index contributed by atoms with van der Waals surface area (Å²) in [4.78, 5) is 15.8. The molecule has 0 aliphatic carbocycles. The molecule has 2 heterocycles. The largest absolute Gasteiger partial charge is 0.508 e. The van der Waals surface area contributed by atoms with E-state index in [9.17, 15) is 14.3 Å². The third-order valence-corrected chi connectivity index (χ3v) is 5.95. The van der Waals surface area contributed by atoms with E-state index in [0.29, 0.717) is 17.6 Å². The second-order valence-electron chi connectivity index (χ2n) is 9.16. The van der Waals surface area contributed by atoms with Gasteiger partial charge in [-0.25, -0.2) is 18.0 Å². The van der Waals surface area contributed by atoms with Crippen molar-refractivity contribution in [3.05, 3.63) is 70.4 Å². The number of nitrogens with zero attached hydrogens (tertiary/aromatic N) is 1. The van der Waals surface area contributed by atoms with Gasteiger partial charge in [-0.3, -0.25) is 4.90 Å². The van der Waals surface area contributed by atoms with Crippen LogP contribution in [0.4, 0.5) is 13.2 Å². The maximum absolute atomic E-state index is 15.4. The number of alkyl halides is 1. The van der Waals surface area contributed by atoms with Crippen molar-refractivity contribution in [2.45, 2.75) is 44.9 Å². The zero-order chi connectivity index (χ0) is 24.1. The zero-order valence-corrected chi connectivity index (χ0v) is 18.5. The number of phenolic OH excluding ortho intramolecular Hbond substituents is 1. The standard InChI is InChI=1S/C25H25F3N2O3/c1-13-8-17-16-11-15(31)5-6-20(16)29-23(17)24(30(13)12-25(2,3)28)22-18(26)9-14(10-19(22)27)4-7-21(32)33/h4-7,9-11,13,24,29,31H,8,12H2,1-3H3,(H,32,33)/b7-4+. The lowest BCUT2D eigenvalue weighted by molar-refractivity contribution is -0.131. The number of halogens is 3. The minimum Gasteiger partial charge on any atom is -0.508 e. The van der Waals surface area contributed by atoms with E-state index in [4.69, 9.17) is 5.11 Å². The monoisotopic (exact) mass is 458 g/mol. The number of hydrogen-bond donors (Lipinski definition) is 3. The second kappa shape index (κ2) is 8.26. The van der Waals surface area contributed by atoms with Crippen molar-refractivity contribution in [2.75, 3.05) is 6.54 Å². The van der Waals surface area contributed by atoms with Crippen LogP contribution in [0.3, 0.4) is 0 Å². The maximum atomic E-state index is 15.4. The Balaban J connectivity index is 1.93. The number of H-pyrrole nitrogens is 1. The van der Waals surface area contributed by atoms with E-state index in [0.717, 1.165) is 35.2 Å². The molecule has 8 heteroatoms. The summed E-state index contributed by atoms with van der Waals surface area (Å²) >= 11 is 0. The lowest BCUT2D eigenvalue weighted by Crippen LogP contribution is -2.48. The topological polar surface area (TPSA) is 76.6 Å². The number of carboxylic acid groups (broad SMARTS) is 1. The summed E-state index contributed by atoms with van der Waals surface area (Å²) in [6.07, 6.45) is 2.42. The van der Waals surface area contributed by atoms with Crippen LogP contribution in [0.15, 0.2) is 36.4 Å². The lowest BCUT2D eigenvalue weighted by Gasteiger charge is -2.43. The molecule has 1 aliphatic heterocycles. The van der Waals surface area contributed by atoms with Crippen LogP contribution in [0.5, 0.6) is 5.75 Å². The first-order chi connectivity index (χ1) is 15.4. The summed E-state index contributed by atoms with van der Waals surface area (Å²) in [6, 6.07) is 5.79. The van der Waals surface area contributed by atoms with Crippen LogP contribution in [0.1, 0.15) is 49.2 Å². The molecule has 3 aromatic rings. The van der Waals surface area contributed by atoms with E-state index in [1.807, 2.05) is 6.92 Å². The number of rotatable bonds is 5. The minimum absolute atomic E-state index is 0.0571. The Morgan fingerprint density at radius 3 is 2.52 bits per heavy atom. The molecule has 1 aromatic heterocycles. The van der Waals surface area contributed by atoms with Crippen molar-refractivity contribution >= 4 is 22.9 Å². The molecule has 0 spiro atoms. The van der Waals surface area contributed by atoms with Crippen LogP contribution in [0, 0.1) is 11.6 Å². The Hall–Kier alpha value is -3.26. The van der Waals surface area contributed by atoms with Gasteiger partial charge in [0, 0.05) is 40.8 Å². The number of aromatic amines is 1. The number of aromatic nitrogens is 1. The van der Waals surface area contributed by atoms with E-state index in [2.05, 4.69) is 4.98 Å². The van der Waals surface area contributed by atoms with Gasteiger partial charge < -0.3 is 15.2 Å². The van der Waals surface area contributed by atoms with Gasteiger partial charge in [0.15, 0.2) is 0 Å². The summed E-state index contributed by atoms with van der Waals surface area (Å²) in [5.41, 5.74) is 0.281. The normalized spacial score (nSPS) is 19.3. The number of phenols is 1. The Labute approximate surface area is 189 Å². The van der Waals surface area contributed by atoms with Gasteiger partial charge in [0.25, 0.3) is 0 Å². The molecule has 0 radical (unpaired) electrons. The van der Waals surface area contributed by atoms with Crippen LogP contribution in [0.2, 0.25) is 0 Å². The van der Waals surface area contributed by atoms with Crippen molar-refractivity contribution in [3.63, 3.8) is 0 Å². The van der Waals surface area contributed by atoms with Crippen LogP contribution < -0.4 is 0 Å². The molecule has 0 saturated heterocycles. The van der Waals surface area contributed by atoms with Gasteiger partial charge >= 0.3 is 5.97 Å². The van der Waals surface area contributed by atoms with Gasteiger partial charge in [-0.15, -0.1) is 0 Å². The fraction of sp³-hybridized carbons (Fsp3) is 0.320. The summed E-state index contributed by atoms with van der Waals surface area (Å²) in [5, 5.41) is 19.5. The first kappa shape index (κ1) is 22.9. The van der Waals surface area contributed by atoms with Crippen LogP contribution in [0.25, 0.3) is 17.0 Å². The van der Waals surface area contributed by atoms with Crippen LogP contribution in [-0.4, -0.2) is 44.3 Å². The molecule has 33 heavy (non-hydrogen) atoms. The summed E-state index contributed by atoms with van der Waals surface area (Å²) in [5.74, 6) is -2.86. The Bertz CT molecular complexity index is 1240. The third kappa shape index (κ3) is 4.48. The fourth-order valence-corrected chi connectivity index (χ4v) is 4.66. The molecule has 1 aliphatic rings. The third-order valence-electron chi connectivity index (χ3n) is 5.95. The van der Waals surface area contributed by atoms with E-state index < -0.39 is 29.3 Å². The molecular weight excluding hydrogens is 433 g/mol. The molecule has 2 atom stereocenters. The van der Waals surface area contributed by atoms with E-state index in [-0.39, 0.29) is 29.5 Å². The first-order valence-electron chi connectivity index (χ1n) is 10.6. The van der Waals surface area contributed by atoms with Gasteiger partial charge in [-0.1, -0.05) is 0 Å². The highest BCUT2D eigenvalue weighted by molar-refractivity contribution is 5.87. The highest BCUT2D eigenvalue weighted by Crippen LogP contribution is 2.43. The molecule has 5 nitrogen and oxygen atoms in total. The molecule has 3 N–H and O–H groups in total. The van der Waals surface area contributed by atoms with E-state index in [1.54, 1.807) is 17.0 Å². The number of aliphatic carboxylic acids is 1. The number of aromatic hydroxyl groups is 1. The summed E-state index contributed by atoms with van der Waals surface area (Å²) < 4.78 is 45.5. The molecule has 2 unspecified atom stereocenters. The summed E-state index contributed by atoms with van der Waals surface area (Å²) in [6.45, 7) is 4.66. The van der Waals surface area contributed by atoms with Gasteiger partial charge in [-0.05, 0) is 74.7 Å². The first-order valence-corrected chi connectivity index (χ1v) is 10.6. The second-order valence-corrected chi connectivity index (χ2v) is 9.16. The molecule has 0 fully saturated rings. The highest BCUT2D eigenvalue weighted by Gasteiger charge is 2.40. The Kier molecular flexibility index (Phi) is 5.74. The smallest absolute Gasteiger partial charge is 0.328 e. The average molecular weight is 458 g/mol. The van der Waals surface area contributed by atoms with E-state index >= 15 is 8.78 Å². The fourth-order valence-electron chi connectivity index (χ4n) is 4.66. The minimum atomic E-state index is -1.62. The SMILES string of the molecule is CC1Cc2c([nH]c3ccc(O)cc23)C(c2c(F)cc(/C=C/C(=O)O)cc2F)N1CC(C)(C)F. The zero-order valence-electron chi connectivity index (χ0n) is 18.5. The molecular formula is C25H25F3N2O3. The quantitative estimate of drug-likeness (QED) is 0.452. The molecule has 0 saturated carbocycles. The van der Waals surface area contributed by atoms with Crippen molar-refractivity contribution in [1.29, 1.82) is 0 Å². The molecule has 174 valence electrons. The number of benzene rings is 2. The number of hydrogen-bond acceptors (Lipinski definition) is 3. The Morgan fingerprint density at radius 1 is 1.24 bits per heavy atom. The molecule has 4 rings (SSSR count). The number of carbonyl (C=O) groups is 1.